The Bertz CT molecular complexity index is 409. The van der Waals surface area contributed by atoms with Crippen molar-refractivity contribution in [1.82, 2.24) is 0 Å². The van der Waals surface area contributed by atoms with E-state index in [2.05, 4.69) is 11.8 Å². The zero-order valence-corrected chi connectivity index (χ0v) is 10.8. The first-order valence-electron chi connectivity index (χ1n) is 6.10. The molecule has 1 aliphatic rings. The number of hydrogen-bond donors (Lipinski definition) is 1. The molecule has 1 aromatic carbocycles. The molecule has 1 atom stereocenters. The highest BCUT2D eigenvalue weighted by atomic mass is 35.5. The van der Waals surface area contributed by atoms with E-state index in [0.29, 0.717) is 11.7 Å². The topological polar surface area (TPSA) is 29.3 Å². The van der Waals surface area contributed by atoms with Gasteiger partial charge in [0.2, 0.25) is 0 Å². The van der Waals surface area contributed by atoms with Crippen LogP contribution in [0.25, 0.3) is 0 Å². The first-order valence-corrected chi connectivity index (χ1v) is 6.48. The Hall–Kier alpha value is -0.960. The fourth-order valence-corrected chi connectivity index (χ4v) is 2.61. The van der Waals surface area contributed by atoms with Crippen LogP contribution in [-0.2, 0) is 0 Å². The van der Waals surface area contributed by atoms with Gasteiger partial charge in [-0.25, -0.2) is 4.39 Å². The Kier molecular flexibility index (Phi) is 3.77. The van der Waals surface area contributed by atoms with Gasteiger partial charge in [-0.05, 0) is 25.8 Å². The molecule has 0 aromatic heterocycles. The van der Waals surface area contributed by atoms with Crippen LogP contribution < -0.4 is 10.6 Å². The summed E-state index contributed by atoms with van der Waals surface area (Å²) in [6, 6.07) is 3.36. The first-order chi connectivity index (χ1) is 8.09. The third kappa shape index (κ3) is 2.65. The molecule has 17 heavy (non-hydrogen) atoms. The largest absolute Gasteiger partial charge is 0.397 e. The van der Waals surface area contributed by atoms with Crippen LogP contribution in [0.5, 0.6) is 0 Å². The third-order valence-electron chi connectivity index (χ3n) is 3.43. The van der Waals surface area contributed by atoms with Gasteiger partial charge in [0.05, 0.1) is 16.4 Å². The normalized spacial score (nSPS) is 21.4. The van der Waals surface area contributed by atoms with E-state index in [1.54, 1.807) is 0 Å². The summed E-state index contributed by atoms with van der Waals surface area (Å²) in [6.07, 6.45) is 4.72. The average Bonchev–Trinajstić information content (AvgIpc) is 2.49. The smallest absolute Gasteiger partial charge is 0.144 e. The van der Waals surface area contributed by atoms with Crippen molar-refractivity contribution >= 4 is 23.0 Å². The number of rotatable bonds is 1. The van der Waals surface area contributed by atoms with E-state index in [0.717, 1.165) is 25.1 Å². The highest BCUT2D eigenvalue weighted by molar-refractivity contribution is 6.31. The first kappa shape index (κ1) is 12.5. The minimum atomic E-state index is -0.396. The maximum Gasteiger partial charge on any atom is 0.144 e. The summed E-state index contributed by atoms with van der Waals surface area (Å²) in [6.45, 7) is 3.10. The Morgan fingerprint density at radius 3 is 2.88 bits per heavy atom. The van der Waals surface area contributed by atoms with E-state index in [4.69, 9.17) is 17.3 Å². The van der Waals surface area contributed by atoms with E-state index < -0.39 is 5.82 Å². The predicted octanol–water partition coefficient (Wildman–Crippen LogP) is 3.83. The summed E-state index contributed by atoms with van der Waals surface area (Å²) in [7, 11) is 0. The lowest BCUT2D eigenvalue weighted by atomic mass is 10.1. The molecular weight excluding hydrogens is 239 g/mol. The molecule has 2 rings (SSSR count). The van der Waals surface area contributed by atoms with E-state index in [9.17, 15) is 4.39 Å². The Morgan fingerprint density at radius 1 is 1.35 bits per heavy atom. The zero-order valence-electron chi connectivity index (χ0n) is 10.0. The molecule has 2 nitrogen and oxygen atoms in total. The molecule has 0 aliphatic carbocycles. The number of nitrogen functional groups attached to an aromatic ring is 1. The van der Waals surface area contributed by atoms with Crippen molar-refractivity contribution < 1.29 is 4.39 Å². The quantitative estimate of drug-likeness (QED) is 0.774. The number of anilines is 2. The zero-order chi connectivity index (χ0) is 12.4. The fourth-order valence-electron chi connectivity index (χ4n) is 2.43. The lowest BCUT2D eigenvalue weighted by Gasteiger charge is -2.30. The third-order valence-corrected chi connectivity index (χ3v) is 3.72. The van der Waals surface area contributed by atoms with Gasteiger partial charge in [0.15, 0.2) is 0 Å². The van der Waals surface area contributed by atoms with Gasteiger partial charge in [0.25, 0.3) is 0 Å². The number of halogens is 2. The molecule has 1 fully saturated rings. The second kappa shape index (κ2) is 5.13. The molecular formula is C13H18ClFN2. The van der Waals surface area contributed by atoms with E-state index in [-0.39, 0.29) is 5.02 Å². The molecule has 1 saturated heterocycles. The van der Waals surface area contributed by atoms with Crippen LogP contribution in [0.4, 0.5) is 15.8 Å². The van der Waals surface area contributed by atoms with Gasteiger partial charge in [-0.15, -0.1) is 0 Å². The minimum Gasteiger partial charge on any atom is -0.397 e. The van der Waals surface area contributed by atoms with Crippen molar-refractivity contribution in [2.75, 3.05) is 17.2 Å². The fraction of sp³-hybridized carbons (Fsp3) is 0.538. The molecule has 2 N–H and O–H groups in total. The van der Waals surface area contributed by atoms with Crippen molar-refractivity contribution in [3.63, 3.8) is 0 Å². The van der Waals surface area contributed by atoms with Gasteiger partial charge >= 0.3 is 0 Å². The number of benzene rings is 1. The lowest BCUT2D eigenvalue weighted by Crippen LogP contribution is -2.33. The second-order valence-corrected chi connectivity index (χ2v) is 5.12. The lowest BCUT2D eigenvalue weighted by molar-refractivity contribution is 0.607. The van der Waals surface area contributed by atoms with Gasteiger partial charge in [-0.2, -0.15) is 0 Å². The van der Waals surface area contributed by atoms with Crippen LogP contribution in [0.2, 0.25) is 5.02 Å². The van der Waals surface area contributed by atoms with Crippen LogP contribution in [0.1, 0.15) is 32.6 Å². The summed E-state index contributed by atoms with van der Waals surface area (Å²) >= 11 is 5.72. The van der Waals surface area contributed by atoms with Crippen molar-refractivity contribution in [2.45, 2.75) is 38.6 Å². The van der Waals surface area contributed by atoms with E-state index >= 15 is 0 Å². The monoisotopic (exact) mass is 256 g/mol. The second-order valence-electron chi connectivity index (χ2n) is 4.72. The van der Waals surface area contributed by atoms with Crippen LogP contribution in [0.15, 0.2) is 12.1 Å². The molecule has 1 heterocycles. The van der Waals surface area contributed by atoms with Gasteiger partial charge < -0.3 is 10.6 Å². The molecule has 0 radical (unpaired) electrons. The maximum absolute atomic E-state index is 13.5. The van der Waals surface area contributed by atoms with E-state index in [1.165, 1.54) is 25.0 Å². The van der Waals surface area contributed by atoms with Crippen molar-refractivity contribution in [2.24, 2.45) is 0 Å². The SMILES string of the molecule is CC1CCCCCN1c1cc(F)c(Cl)cc1N. The van der Waals surface area contributed by atoms with Gasteiger partial charge in [-0.3, -0.25) is 0 Å². The molecule has 0 amide bonds. The molecule has 1 aliphatic heterocycles. The standard InChI is InChI=1S/C13H18ClFN2/c1-9-5-3-2-4-6-17(9)13-8-11(15)10(14)7-12(13)16/h7-9H,2-6,16H2,1H3. The Labute approximate surface area is 107 Å². The number of nitrogens with zero attached hydrogens (tertiary/aromatic N) is 1. The van der Waals surface area contributed by atoms with Crippen molar-refractivity contribution in [3.8, 4) is 0 Å². The predicted molar refractivity (Wildman–Crippen MR) is 71.1 cm³/mol. The molecule has 0 bridgehead atoms. The number of hydrogen-bond acceptors (Lipinski definition) is 2. The Balaban J connectivity index is 2.34. The van der Waals surface area contributed by atoms with Crippen LogP contribution in [0.3, 0.4) is 0 Å². The van der Waals surface area contributed by atoms with Gasteiger partial charge in [0, 0.05) is 18.7 Å². The molecule has 0 spiro atoms. The minimum absolute atomic E-state index is 0.0914. The summed E-state index contributed by atoms with van der Waals surface area (Å²) in [5.41, 5.74) is 7.28. The average molecular weight is 257 g/mol. The van der Waals surface area contributed by atoms with Crippen molar-refractivity contribution in [3.05, 3.63) is 23.0 Å². The maximum atomic E-state index is 13.5. The van der Waals surface area contributed by atoms with Crippen LogP contribution in [-0.4, -0.2) is 12.6 Å². The summed E-state index contributed by atoms with van der Waals surface area (Å²) in [5.74, 6) is -0.396. The molecule has 1 unspecified atom stereocenters. The van der Waals surface area contributed by atoms with Crippen LogP contribution >= 0.6 is 11.6 Å². The summed E-state index contributed by atoms with van der Waals surface area (Å²) in [4.78, 5) is 2.20. The molecule has 4 heteroatoms. The Morgan fingerprint density at radius 2 is 2.12 bits per heavy atom. The highest BCUT2D eigenvalue weighted by Crippen LogP contribution is 2.32. The van der Waals surface area contributed by atoms with Crippen molar-refractivity contribution in [1.29, 1.82) is 0 Å². The summed E-state index contributed by atoms with van der Waals surface area (Å²) in [5, 5.41) is 0.0914. The van der Waals surface area contributed by atoms with E-state index in [1.807, 2.05) is 0 Å². The van der Waals surface area contributed by atoms with Gasteiger partial charge in [0.1, 0.15) is 5.82 Å². The molecule has 0 saturated carbocycles. The highest BCUT2D eigenvalue weighted by Gasteiger charge is 2.20. The summed E-state index contributed by atoms with van der Waals surface area (Å²) < 4.78 is 13.5. The van der Waals surface area contributed by atoms with Gasteiger partial charge in [-0.1, -0.05) is 24.4 Å². The number of nitrogens with two attached hydrogens (primary N) is 1. The van der Waals surface area contributed by atoms with Crippen LogP contribution in [0, 0.1) is 5.82 Å². The molecule has 94 valence electrons. The molecule has 1 aromatic rings.